The van der Waals surface area contributed by atoms with Crippen molar-refractivity contribution < 1.29 is 26.4 Å². The summed E-state index contributed by atoms with van der Waals surface area (Å²) in [6, 6.07) is 9.76. The van der Waals surface area contributed by atoms with Crippen LogP contribution in [0.2, 0.25) is 0 Å². The standard InChI is InChI=1S/C26H30F3N7O3S/c1-36(40(2,38)39)23-18(9-7-13-30-23)15-31-22-21(26(27,28)29)16-32-25(35-22)34-20-12-6-8-17(14-20)24(37)33-19-10-4-3-5-11-19/h6-9,12-14,16,19H,3-5,10-11,15H2,1-2H3,(H,33,37)(H2,31,32,34,35). The smallest absolute Gasteiger partial charge is 0.365 e. The third-order valence-electron chi connectivity index (χ3n) is 6.52. The monoisotopic (exact) mass is 577 g/mol. The lowest BCUT2D eigenvalue weighted by Crippen LogP contribution is -2.36. The quantitative estimate of drug-likeness (QED) is 0.334. The van der Waals surface area contributed by atoms with Crippen molar-refractivity contribution in [1.29, 1.82) is 0 Å². The molecule has 1 fully saturated rings. The first-order valence-corrected chi connectivity index (χ1v) is 14.5. The Morgan fingerprint density at radius 2 is 1.85 bits per heavy atom. The third kappa shape index (κ3) is 7.37. The summed E-state index contributed by atoms with van der Waals surface area (Å²) in [6.07, 6.45) is 3.47. The maximum absolute atomic E-state index is 13.7. The van der Waals surface area contributed by atoms with Gasteiger partial charge in [-0.3, -0.25) is 9.10 Å². The number of anilines is 4. The molecule has 3 N–H and O–H groups in total. The van der Waals surface area contributed by atoms with Crippen molar-refractivity contribution in [2.45, 2.75) is 50.9 Å². The summed E-state index contributed by atoms with van der Waals surface area (Å²) in [4.78, 5) is 24.7. The average Bonchev–Trinajstić information content (AvgIpc) is 2.91. The lowest BCUT2D eigenvalue weighted by molar-refractivity contribution is -0.137. The molecule has 1 aliphatic rings. The van der Waals surface area contributed by atoms with E-state index >= 15 is 0 Å². The Balaban J connectivity index is 1.54. The van der Waals surface area contributed by atoms with Crippen molar-refractivity contribution in [2.24, 2.45) is 0 Å². The van der Waals surface area contributed by atoms with Gasteiger partial charge < -0.3 is 16.0 Å². The highest BCUT2D eigenvalue weighted by Crippen LogP contribution is 2.34. The molecule has 3 aromatic rings. The molecule has 1 amide bonds. The molecule has 10 nitrogen and oxygen atoms in total. The second-order valence-electron chi connectivity index (χ2n) is 9.54. The molecule has 0 radical (unpaired) electrons. The van der Waals surface area contributed by atoms with E-state index in [-0.39, 0.29) is 30.3 Å². The number of alkyl halides is 3. The number of benzene rings is 1. The number of hydrogen-bond acceptors (Lipinski definition) is 8. The molecule has 0 unspecified atom stereocenters. The molecular weight excluding hydrogens is 547 g/mol. The molecule has 14 heteroatoms. The second kappa shape index (κ2) is 12.1. The fraction of sp³-hybridized carbons (Fsp3) is 0.385. The largest absolute Gasteiger partial charge is 0.421 e. The molecular formula is C26H30F3N7O3S. The molecule has 0 saturated heterocycles. The number of sulfonamides is 1. The highest BCUT2D eigenvalue weighted by atomic mass is 32.2. The summed E-state index contributed by atoms with van der Waals surface area (Å²) in [6.45, 7) is -0.195. The predicted molar refractivity (Wildman–Crippen MR) is 146 cm³/mol. The van der Waals surface area contributed by atoms with E-state index in [2.05, 4.69) is 30.9 Å². The Bertz CT molecular complexity index is 1460. The van der Waals surface area contributed by atoms with Gasteiger partial charge in [0, 0.05) is 48.8 Å². The van der Waals surface area contributed by atoms with Gasteiger partial charge in [-0.1, -0.05) is 31.4 Å². The van der Waals surface area contributed by atoms with Crippen molar-refractivity contribution in [3.05, 3.63) is 65.5 Å². The van der Waals surface area contributed by atoms with E-state index in [1.54, 1.807) is 36.4 Å². The molecule has 2 heterocycles. The van der Waals surface area contributed by atoms with Gasteiger partial charge in [0.05, 0.1) is 6.26 Å². The number of halogens is 3. The number of rotatable bonds is 9. The minimum atomic E-state index is -4.75. The van der Waals surface area contributed by atoms with Crippen LogP contribution in [0.3, 0.4) is 0 Å². The van der Waals surface area contributed by atoms with Crippen molar-refractivity contribution in [1.82, 2.24) is 20.3 Å². The summed E-state index contributed by atoms with van der Waals surface area (Å²) in [5, 5.41) is 8.54. The normalized spacial score (nSPS) is 14.4. The van der Waals surface area contributed by atoms with Crippen LogP contribution >= 0.6 is 0 Å². The number of carbonyl (C=O) groups is 1. The number of hydrogen-bond donors (Lipinski definition) is 3. The molecule has 2 aromatic heterocycles. The molecule has 40 heavy (non-hydrogen) atoms. The van der Waals surface area contributed by atoms with Crippen LogP contribution in [0.5, 0.6) is 0 Å². The number of aromatic nitrogens is 3. The molecule has 1 aliphatic carbocycles. The van der Waals surface area contributed by atoms with Gasteiger partial charge in [0.1, 0.15) is 17.2 Å². The zero-order valence-electron chi connectivity index (χ0n) is 22.0. The molecule has 0 aliphatic heterocycles. The fourth-order valence-electron chi connectivity index (χ4n) is 4.36. The number of amides is 1. The van der Waals surface area contributed by atoms with Crippen LogP contribution in [-0.4, -0.2) is 48.6 Å². The third-order valence-corrected chi connectivity index (χ3v) is 7.69. The summed E-state index contributed by atoms with van der Waals surface area (Å²) in [5.74, 6) is -0.785. The van der Waals surface area contributed by atoms with Gasteiger partial charge in [-0.2, -0.15) is 18.2 Å². The maximum Gasteiger partial charge on any atom is 0.421 e. The highest BCUT2D eigenvalue weighted by Gasteiger charge is 2.35. The van der Waals surface area contributed by atoms with Crippen LogP contribution in [0.4, 0.5) is 36.4 Å². The molecule has 0 atom stereocenters. The van der Waals surface area contributed by atoms with Gasteiger partial charge in [0.25, 0.3) is 5.91 Å². The van der Waals surface area contributed by atoms with E-state index in [1.807, 2.05) is 0 Å². The first-order chi connectivity index (χ1) is 18.9. The Labute approximate surface area is 230 Å². The first-order valence-electron chi connectivity index (χ1n) is 12.7. The maximum atomic E-state index is 13.7. The van der Waals surface area contributed by atoms with Gasteiger partial charge in [0.2, 0.25) is 16.0 Å². The lowest BCUT2D eigenvalue weighted by atomic mass is 9.95. The Morgan fingerprint density at radius 3 is 2.55 bits per heavy atom. The van der Waals surface area contributed by atoms with Crippen molar-refractivity contribution >= 4 is 39.2 Å². The number of pyridine rings is 1. The molecule has 0 spiro atoms. The Hall–Kier alpha value is -3.94. The SMILES string of the molecule is CN(c1ncccc1CNc1nc(Nc2cccc(C(=O)NC3CCCCC3)c2)ncc1C(F)(F)F)S(C)(=O)=O. The van der Waals surface area contributed by atoms with Crippen LogP contribution in [0.25, 0.3) is 0 Å². The topological polar surface area (TPSA) is 129 Å². The van der Waals surface area contributed by atoms with E-state index in [0.717, 1.165) is 42.7 Å². The minimum absolute atomic E-state index is 0.0711. The molecule has 1 aromatic carbocycles. The van der Waals surface area contributed by atoms with Gasteiger partial charge >= 0.3 is 6.18 Å². The van der Waals surface area contributed by atoms with E-state index < -0.39 is 27.6 Å². The summed E-state index contributed by atoms with van der Waals surface area (Å²) >= 11 is 0. The van der Waals surface area contributed by atoms with Crippen LogP contribution in [-0.2, 0) is 22.7 Å². The van der Waals surface area contributed by atoms with Gasteiger partial charge in [-0.25, -0.2) is 18.4 Å². The number of carbonyl (C=O) groups excluding carboxylic acids is 1. The zero-order chi connectivity index (χ0) is 28.9. The van der Waals surface area contributed by atoms with Crippen molar-refractivity contribution in [3.8, 4) is 0 Å². The van der Waals surface area contributed by atoms with E-state index in [4.69, 9.17) is 0 Å². The molecule has 4 rings (SSSR count). The number of nitrogens with one attached hydrogen (secondary N) is 3. The lowest BCUT2D eigenvalue weighted by Gasteiger charge is -2.22. The first kappa shape index (κ1) is 29.1. The van der Waals surface area contributed by atoms with Crippen LogP contribution in [0.15, 0.2) is 48.8 Å². The van der Waals surface area contributed by atoms with E-state index in [0.29, 0.717) is 23.0 Å². The molecule has 0 bridgehead atoms. The Kier molecular flexibility index (Phi) is 8.76. The predicted octanol–water partition coefficient (Wildman–Crippen LogP) is 4.70. The van der Waals surface area contributed by atoms with E-state index in [9.17, 15) is 26.4 Å². The van der Waals surface area contributed by atoms with Crippen LogP contribution in [0.1, 0.15) is 53.6 Å². The highest BCUT2D eigenvalue weighted by molar-refractivity contribution is 7.92. The van der Waals surface area contributed by atoms with E-state index in [1.165, 1.54) is 13.2 Å². The summed E-state index contributed by atoms with van der Waals surface area (Å²) < 4.78 is 66.2. The minimum Gasteiger partial charge on any atom is -0.365 e. The molecule has 1 saturated carbocycles. The van der Waals surface area contributed by atoms with Crippen LogP contribution < -0.4 is 20.3 Å². The zero-order valence-corrected chi connectivity index (χ0v) is 22.8. The Morgan fingerprint density at radius 1 is 1.10 bits per heavy atom. The molecule has 214 valence electrons. The van der Waals surface area contributed by atoms with Gasteiger partial charge in [-0.15, -0.1) is 0 Å². The van der Waals surface area contributed by atoms with Crippen molar-refractivity contribution in [2.75, 3.05) is 28.2 Å². The average molecular weight is 578 g/mol. The fourth-order valence-corrected chi connectivity index (χ4v) is 4.83. The van der Waals surface area contributed by atoms with Crippen molar-refractivity contribution in [3.63, 3.8) is 0 Å². The second-order valence-corrected chi connectivity index (χ2v) is 11.6. The van der Waals surface area contributed by atoms with Gasteiger partial charge in [0.15, 0.2) is 0 Å². The summed E-state index contributed by atoms with van der Waals surface area (Å²) in [7, 11) is -2.35. The summed E-state index contributed by atoms with van der Waals surface area (Å²) in [5.41, 5.74) is 0.0696. The van der Waals surface area contributed by atoms with Gasteiger partial charge in [-0.05, 0) is 37.1 Å². The number of nitrogens with zero attached hydrogens (tertiary/aromatic N) is 4. The van der Waals surface area contributed by atoms with Crippen LogP contribution in [0, 0.1) is 0 Å².